The van der Waals surface area contributed by atoms with Crippen LogP contribution in [0.2, 0.25) is 5.02 Å². The number of carbonyl (C=O) groups is 1. The van der Waals surface area contributed by atoms with Gasteiger partial charge < -0.3 is 19.7 Å². The molecule has 1 aromatic heterocycles. The Balaban J connectivity index is 1.52. The topological polar surface area (TPSA) is 136 Å². The van der Waals surface area contributed by atoms with Crippen molar-refractivity contribution in [2.24, 2.45) is 5.92 Å². The summed E-state index contributed by atoms with van der Waals surface area (Å²) in [7, 11) is -4.07. The van der Waals surface area contributed by atoms with Gasteiger partial charge in [-0.3, -0.25) is 4.79 Å². The molecule has 4 rings (SSSR count). The molecule has 30 heavy (non-hydrogen) atoms. The van der Waals surface area contributed by atoms with E-state index in [1.165, 1.54) is 17.0 Å². The quantitative estimate of drug-likeness (QED) is 0.643. The van der Waals surface area contributed by atoms with Gasteiger partial charge in [0.05, 0.1) is 23.6 Å². The first kappa shape index (κ1) is 20.7. The number of aryl methyl sites for hydroxylation is 1. The molecule has 0 radical (unpaired) electrons. The molecule has 0 unspecified atom stereocenters. The molecular weight excluding hydrogens is 432 g/mol. The second kappa shape index (κ2) is 7.59. The lowest BCUT2D eigenvalue weighted by molar-refractivity contribution is 0.0576. The van der Waals surface area contributed by atoms with Gasteiger partial charge in [0.25, 0.3) is 15.9 Å². The maximum absolute atomic E-state index is 12.9. The number of aromatic nitrogens is 1. The minimum atomic E-state index is -4.07. The first-order chi connectivity index (χ1) is 14.2. The molecule has 2 aromatic rings. The van der Waals surface area contributed by atoms with Crippen molar-refractivity contribution >= 4 is 27.5 Å². The Morgan fingerprint density at radius 3 is 2.83 bits per heavy atom. The van der Waals surface area contributed by atoms with E-state index >= 15 is 0 Å². The highest BCUT2D eigenvalue weighted by Crippen LogP contribution is 2.34. The highest BCUT2D eigenvalue weighted by Gasteiger charge is 2.36. The van der Waals surface area contributed by atoms with Crippen LogP contribution < -0.4 is 9.46 Å². The van der Waals surface area contributed by atoms with Gasteiger partial charge in [0.1, 0.15) is 23.5 Å². The molecule has 11 heteroatoms. The number of ether oxygens (including phenoxy) is 1. The summed E-state index contributed by atoms with van der Waals surface area (Å²) >= 11 is 5.96. The maximum atomic E-state index is 12.9. The van der Waals surface area contributed by atoms with E-state index in [1.807, 2.05) is 0 Å². The van der Waals surface area contributed by atoms with Crippen LogP contribution in [0.15, 0.2) is 29.3 Å². The Labute approximate surface area is 178 Å². The van der Waals surface area contributed by atoms with Crippen LogP contribution in [0.5, 0.6) is 5.75 Å². The standard InChI is InChI=1S/C19H19ClN4O5S/c1-10-13(19(26)24-7-11(6-21)8-24)5-17(22-10)30(27,28)23-15-9-29-16-3-2-12(20)4-14(16)18(15)25/h2-5,11,15,18,22-23,25H,7-9H2,1H3/t15-,18+/m1/s1. The Hall–Kier alpha value is -2.58. The minimum Gasteiger partial charge on any atom is -0.491 e. The Morgan fingerprint density at radius 1 is 1.40 bits per heavy atom. The van der Waals surface area contributed by atoms with Crippen molar-refractivity contribution in [3.05, 3.63) is 46.1 Å². The van der Waals surface area contributed by atoms with Gasteiger partial charge in [0.2, 0.25) is 0 Å². The summed E-state index contributed by atoms with van der Waals surface area (Å²) in [6.45, 7) is 2.19. The number of likely N-dealkylation sites (tertiary alicyclic amines) is 1. The number of halogens is 1. The number of benzene rings is 1. The second-order valence-corrected chi connectivity index (χ2v) is 9.49. The van der Waals surface area contributed by atoms with Gasteiger partial charge in [0, 0.05) is 29.4 Å². The molecule has 1 aromatic carbocycles. The molecular formula is C19H19ClN4O5S. The summed E-state index contributed by atoms with van der Waals surface area (Å²) < 4.78 is 33.7. The van der Waals surface area contributed by atoms with Crippen LogP contribution in [-0.4, -0.2) is 55.1 Å². The number of sulfonamides is 1. The van der Waals surface area contributed by atoms with Crippen LogP contribution in [-0.2, 0) is 10.0 Å². The molecule has 1 fully saturated rings. The molecule has 9 nitrogen and oxygen atoms in total. The number of hydrogen-bond acceptors (Lipinski definition) is 6. The number of rotatable bonds is 4. The molecule has 1 saturated heterocycles. The lowest BCUT2D eigenvalue weighted by Crippen LogP contribution is -2.49. The van der Waals surface area contributed by atoms with Crippen molar-refractivity contribution in [3.63, 3.8) is 0 Å². The third-order valence-corrected chi connectivity index (χ3v) is 6.91. The average Bonchev–Trinajstić information content (AvgIpc) is 3.06. The van der Waals surface area contributed by atoms with E-state index in [1.54, 1.807) is 19.1 Å². The van der Waals surface area contributed by atoms with Crippen molar-refractivity contribution < 1.29 is 23.1 Å². The second-order valence-electron chi connectivity index (χ2n) is 7.37. The number of aliphatic hydroxyl groups excluding tert-OH is 1. The lowest BCUT2D eigenvalue weighted by Gasteiger charge is -2.35. The SMILES string of the molecule is Cc1[nH]c(S(=O)(=O)N[C@@H]2COc3ccc(Cl)cc3[C@@H]2O)cc1C(=O)N1CC(C#N)C1. The molecule has 2 aliphatic rings. The smallest absolute Gasteiger partial charge is 0.256 e. The van der Waals surface area contributed by atoms with Crippen LogP contribution in [0.4, 0.5) is 0 Å². The number of aromatic amines is 1. The number of hydrogen-bond donors (Lipinski definition) is 3. The average molecular weight is 451 g/mol. The van der Waals surface area contributed by atoms with Crippen LogP contribution in [0.25, 0.3) is 0 Å². The summed E-state index contributed by atoms with van der Waals surface area (Å²) in [6.07, 6.45) is -1.15. The zero-order chi connectivity index (χ0) is 21.6. The first-order valence-corrected chi connectivity index (χ1v) is 11.1. The van der Waals surface area contributed by atoms with E-state index in [0.29, 0.717) is 35.1 Å². The van der Waals surface area contributed by atoms with Gasteiger partial charge in [-0.05, 0) is 31.2 Å². The van der Waals surface area contributed by atoms with Crippen molar-refractivity contribution in [1.29, 1.82) is 5.26 Å². The number of nitriles is 1. The fourth-order valence-corrected chi connectivity index (χ4v) is 4.98. The zero-order valence-electron chi connectivity index (χ0n) is 15.9. The largest absolute Gasteiger partial charge is 0.491 e. The van der Waals surface area contributed by atoms with Crippen LogP contribution in [0, 0.1) is 24.2 Å². The first-order valence-electron chi connectivity index (χ1n) is 9.20. The Morgan fingerprint density at radius 2 is 2.13 bits per heavy atom. The summed E-state index contributed by atoms with van der Waals surface area (Å²) in [4.78, 5) is 16.8. The number of fused-ring (bicyclic) bond motifs is 1. The van der Waals surface area contributed by atoms with Crippen molar-refractivity contribution in [1.82, 2.24) is 14.6 Å². The van der Waals surface area contributed by atoms with Gasteiger partial charge in [-0.2, -0.15) is 5.26 Å². The third-order valence-electron chi connectivity index (χ3n) is 5.26. The van der Waals surface area contributed by atoms with Crippen LogP contribution in [0.1, 0.15) is 27.7 Å². The van der Waals surface area contributed by atoms with Gasteiger partial charge >= 0.3 is 0 Å². The third kappa shape index (κ3) is 3.65. The van der Waals surface area contributed by atoms with Crippen molar-refractivity contribution in [3.8, 4) is 11.8 Å². The van der Waals surface area contributed by atoms with Gasteiger partial charge in [-0.1, -0.05) is 11.6 Å². The van der Waals surface area contributed by atoms with Crippen molar-refractivity contribution in [2.45, 2.75) is 24.1 Å². The molecule has 0 spiro atoms. The van der Waals surface area contributed by atoms with E-state index in [9.17, 15) is 18.3 Å². The molecule has 0 bridgehead atoms. The van der Waals surface area contributed by atoms with Gasteiger partial charge in [0.15, 0.2) is 0 Å². The summed E-state index contributed by atoms with van der Waals surface area (Å²) in [5.41, 5.74) is 1.02. The van der Waals surface area contributed by atoms with E-state index in [-0.39, 0.29) is 29.0 Å². The minimum absolute atomic E-state index is 0.0656. The zero-order valence-corrected chi connectivity index (χ0v) is 17.5. The Bertz CT molecular complexity index is 1150. The maximum Gasteiger partial charge on any atom is 0.256 e. The molecule has 3 N–H and O–H groups in total. The van der Waals surface area contributed by atoms with Crippen LogP contribution >= 0.6 is 11.6 Å². The number of nitrogens with zero attached hydrogens (tertiary/aromatic N) is 2. The predicted molar refractivity (Wildman–Crippen MR) is 107 cm³/mol. The molecule has 158 valence electrons. The summed E-state index contributed by atoms with van der Waals surface area (Å²) in [5.74, 6) is -0.0836. The van der Waals surface area contributed by atoms with Crippen LogP contribution in [0.3, 0.4) is 0 Å². The molecule has 2 aliphatic heterocycles. The molecule has 3 heterocycles. The molecule has 2 atom stereocenters. The van der Waals surface area contributed by atoms with Gasteiger partial charge in [-0.25, -0.2) is 13.1 Å². The van der Waals surface area contributed by atoms with E-state index in [4.69, 9.17) is 21.6 Å². The highest BCUT2D eigenvalue weighted by atomic mass is 35.5. The fourth-order valence-electron chi connectivity index (χ4n) is 3.52. The predicted octanol–water partition coefficient (Wildman–Crippen LogP) is 1.34. The number of H-pyrrole nitrogens is 1. The monoisotopic (exact) mass is 450 g/mol. The van der Waals surface area contributed by atoms with E-state index in [2.05, 4.69) is 15.8 Å². The highest BCUT2D eigenvalue weighted by molar-refractivity contribution is 7.89. The summed E-state index contributed by atoms with van der Waals surface area (Å²) in [5, 5.41) is 19.7. The number of carbonyl (C=O) groups excluding carboxylic acids is 1. The van der Waals surface area contributed by atoms with E-state index in [0.717, 1.165) is 0 Å². The number of nitrogens with one attached hydrogen (secondary N) is 2. The normalized spacial score (nSPS) is 21.3. The van der Waals surface area contributed by atoms with Crippen molar-refractivity contribution in [2.75, 3.05) is 19.7 Å². The lowest BCUT2D eigenvalue weighted by atomic mass is 10.00. The number of amides is 1. The summed E-state index contributed by atoms with van der Waals surface area (Å²) in [6, 6.07) is 7.18. The molecule has 1 amide bonds. The Kier molecular flexibility index (Phi) is 5.23. The van der Waals surface area contributed by atoms with E-state index < -0.39 is 22.2 Å². The van der Waals surface area contributed by atoms with Gasteiger partial charge in [-0.15, -0.1) is 0 Å². The molecule has 0 aliphatic carbocycles. The number of aliphatic hydroxyl groups is 1. The molecule has 0 saturated carbocycles. The fraction of sp³-hybridized carbons (Fsp3) is 0.368.